The molecule has 9 heteroatoms. The lowest BCUT2D eigenvalue weighted by Crippen LogP contribution is -2.35. The molecule has 0 spiro atoms. The van der Waals surface area contributed by atoms with Crippen LogP contribution in [0.3, 0.4) is 0 Å². The van der Waals surface area contributed by atoms with Gasteiger partial charge >= 0.3 is 6.03 Å². The Hall–Kier alpha value is -1.87. The summed E-state index contributed by atoms with van der Waals surface area (Å²) in [4.78, 5) is 22.8. The summed E-state index contributed by atoms with van der Waals surface area (Å²) in [5, 5.41) is 12.9. The third-order valence-corrected chi connectivity index (χ3v) is 4.29. The lowest BCUT2D eigenvalue weighted by molar-refractivity contribution is -0.119. The molecular weight excluding hydrogens is 298 g/mol. The number of nitrogens with one attached hydrogen (secondary N) is 1. The molecule has 2 aromatic heterocycles. The normalized spacial score (nSPS) is 10.4. The Morgan fingerprint density at radius 1 is 1.50 bits per heavy atom. The van der Waals surface area contributed by atoms with Crippen molar-refractivity contribution in [2.75, 3.05) is 5.75 Å². The van der Waals surface area contributed by atoms with E-state index in [2.05, 4.69) is 10.2 Å². The van der Waals surface area contributed by atoms with Crippen LogP contribution in [0.1, 0.15) is 6.42 Å². The summed E-state index contributed by atoms with van der Waals surface area (Å²) >= 11 is 2.99. The molecule has 2 aromatic rings. The molecule has 0 unspecified atom stereocenters. The van der Waals surface area contributed by atoms with Crippen LogP contribution in [0.2, 0.25) is 0 Å². The number of rotatable bonds is 5. The molecule has 0 aromatic carbocycles. The Bertz CT molecular complexity index is 608. The number of nitrogens with two attached hydrogens (primary N) is 1. The topological polar surface area (TPSA) is 103 Å². The Morgan fingerprint density at radius 2 is 2.30 bits per heavy atom. The summed E-state index contributed by atoms with van der Waals surface area (Å²) in [6, 6.07) is 3.10. The van der Waals surface area contributed by atoms with Gasteiger partial charge in [0.25, 0.3) is 0 Å². The summed E-state index contributed by atoms with van der Waals surface area (Å²) in [6.07, 6.45) is 0.189. The molecule has 3 amide bonds. The quantitative estimate of drug-likeness (QED) is 0.808. The summed E-state index contributed by atoms with van der Waals surface area (Å²) in [7, 11) is 1.88. The second-order valence-corrected chi connectivity index (χ2v) is 5.86. The van der Waals surface area contributed by atoms with Crippen molar-refractivity contribution in [1.82, 2.24) is 20.1 Å². The highest BCUT2D eigenvalue weighted by atomic mass is 32.2. The van der Waals surface area contributed by atoms with Crippen molar-refractivity contribution in [3.63, 3.8) is 0 Å². The van der Waals surface area contributed by atoms with E-state index in [0.29, 0.717) is 5.75 Å². The highest BCUT2D eigenvalue weighted by Crippen LogP contribution is 2.26. The number of thioether (sulfide) groups is 1. The van der Waals surface area contributed by atoms with Gasteiger partial charge in [-0.05, 0) is 11.4 Å². The van der Waals surface area contributed by atoms with Crippen LogP contribution in [-0.2, 0) is 11.8 Å². The molecule has 0 radical (unpaired) electrons. The molecule has 0 bridgehead atoms. The van der Waals surface area contributed by atoms with Crippen LogP contribution in [0.15, 0.2) is 22.7 Å². The molecule has 2 rings (SSSR count). The predicted molar refractivity (Wildman–Crippen MR) is 77.4 cm³/mol. The van der Waals surface area contributed by atoms with Gasteiger partial charge in [0.15, 0.2) is 11.0 Å². The number of amides is 3. The van der Waals surface area contributed by atoms with Crippen molar-refractivity contribution in [3.05, 3.63) is 17.5 Å². The first-order chi connectivity index (χ1) is 9.58. The summed E-state index contributed by atoms with van der Waals surface area (Å²) in [5.41, 5.74) is 4.85. The Morgan fingerprint density at radius 3 is 2.95 bits per heavy atom. The van der Waals surface area contributed by atoms with E-state index < -0.39 is 11.9 Å². The molecule has 0 saturated heterocycles. The molecule has 0 fully saturated rings. The first-order valence-corrected chi connectivity index (χ1v) is 7.60. The molecule has 2 heterocycles. The zero-order valence-electron chi connectivity index (χ0n) is 10.7. The second-order valence-electron chi connectivity index (χ2n) is 3.85. The molecule has 7 nitrogen and oxygen atoms in total. The molecular formula is C11H13N5O2S2. The van der Waals surface area contributed by atoms with Gasteiger partial charge in [0.05, 0.1) is 4.88 Å². The van der Waals surface area contributed by atoms with Gasteiger partial charge in [-0.1, -0.05) is 17.8 Å². The zero-order valence-corrected chi connectivity index (χ0v) is 12.3. The predicted octanol–water partition coefficient (Wildman–Crippen LogP) is 1.22. The molecule has 106 valence electrons. The van der Waals surface area contributed by atoms with Crippen molar-refractivity contribution in [1.29, 1.82) is 0 Å². The van der Waals surface area contributed by atoms with E-state index in [1.807, 2.05) is 34.4 Å². The minimum atomic E-state index is -0.835. The van der Waals surface area contributed by atoms with Crippen LogP contribution in [-0.4, -0.2) is 32.5 Å². The molecule has 0 aliphatic carbocycles. The number of imide groups is 1. The second kappa shape index (κ2) is 6.53. The zero-order chi connectivity index (χ0) is 14.5. The minimum Gasteiger partial charge on any atom is -0.351 e. The summed E-state index contributed by atoms with van der Waals surface area (Å²) in [5.74, 6) is 0.893. The fourth-order valence-corrected chi connectivity index (χ4v) is 3.09. The van der Waals surface area contributed by atoms with Crippen LogP contribution in [0, 0.1) is 0 Å². The van der Waals surface area contributed by atoms with Crippen molar-refractivity contribution < 1.29 is 9.59 Å². The van der Waals surface area contributed by atoms with Crippen LogP contribution < -0.4 is 11.1 Å². The largest absolute Gasteiger partial charge is 0.351 e. The van der Waals surface area contributed by atoms with Crippen molar-refractivity contribution in [3.8, 4) is 10.7 Å². The molecule has 0 aliphatic heterocycles. The fraction of sp³-hybridized carbons (Fsp3) is 0.273. The van der Waals surface area contributed by atoms with Gasteiger partial charge in [0, 0.05) is 19.2 Å². The lowest BCUT2D eigenvalue weighted by Gasteiger charge is -2.02. The maximum atomic E-state index is 11.3. The molecule has 0 saturated carbocycles. The number of urea groups is 1. The average molecular weight is 311 g/mol. The third kappa shape index (κ3) is 3.58. The van der Waals surface area contributed by atoms with E-state index in [0.717, 1.165) is 15.9 Å². The van der Waals surface area contributed by atoms with Crippen LogP contribution in [0.25, 0.3) is 10.7 Å². The maximum Gasteiger partial charge on any atom is 0.318 e. The fourth-order valence-electron chi connectivity index (χ4n) is 1.50. The van der Waals surface area contributed by atoms with E-state index >= 15 is 0 Å². The van der Waals surface area contributed by atoms with Crippen LogP contribution in [0.4, 0.5) is 4.79 Å². The van der Waals surface area contributed by atoms with Crippen LogP contribution in [0.5, 0.6) is 0 Å². The van der Waals surface area contributed by atoms with Gasteiger partial charge in [-0.15, -0.1) is 21.5 Å². The number of carbonyl (C=O) groups excluding carboxylic acids is 2. The summed E-state index contributed by atoms with van der Waals surface area (Å²) < 4.78 is 1.88. The maximum absolute atomic E-state index is 11.3. The Labute approximate surface area is 123 Å². The number of aromatic nitrogens is 3. The van der Waals surface area contributed by atoms with Gasteiger partial charge in [-0.2, -0.15) is 0 Å². The van der Waals surface area contributed by atoms with Gasteiger partial charge < -0.3 is 10.3 Å². The standard InChI is InChI=1S/C11H13N5O2S2/c1-16-9(7-3-2-5-19-7)14-15-11(16)20-6-4-8(17)13-10(12)18/h2-3,5H,4,6H2,1H3,(H3,12,13,17,18). The van der Waals surface area contributed by atoms with Crippen molar-refractivity contribution in [2.24, 2.45) is 12.8 Å². The number of hydrogen-bond donors (Lipinski definition) is 2. The molecule has 0 atom stereocenters. The first-order valence-electron chi connectivity index (χ1n) is 5.73. The van der Waals surface area contributed by atoms with E-state index in [4.69, 9.17) is 5.73 Å². The van der Waals surface area contributed by atoms with Gasteiger partial charge in [0.2, 0.25) is 5.91 Å². The Kier molecular flexibility index (Phi) is 4.74. The highest BCUT2D eigenvalue weighted by Gasteiger charge is 2.12. The highest BCUT2D eigenvalue weighted by molar-refractivity contribution is 7.99. The minimum absolute atomic E-state index is 0.189. The lowest BCUT2D eigenvalue weighted by atomic mass is 10.4. The van der Waals surface area contributed by atoms with E-state index in [-0.39, 0.29) is 6.42 Å². The average Bonchev–Trinajstić information content (AvgIpc) is 2.99. The van der Waals surface area contributed by atoms with Crippen molar-refractivity contribution in [2.45, 2.75) is 11.6 Å². The third-order valence-electron chi connectivity index (χ3n) is 2.40. The van der Waals surface area contributed by atoms with Gasteiger partial charge in [-0.3, -0.25) is 10.1 Å². The molecule has 20 heavy (non-hydrogen) atoms. The first kappa shape index (κ1) is 14.5. The van der Waals surface area contributed by atoms with E-state index in [9.17, 15) is 9.59 Å². The smallest absolute Gasteiger partial charge is 0.318 e. The van der Waals surface area contributed by atoms with Gasteiger partial charge in [0.1, 0.15) is 0 Å². The monoisotopic (exact) mass is 311 g/mol. The number of nitrogens with zero attached hydrogens (tertiary/aromatic N) is 3. The number of primary amides is 1. The SMILES string of the molecule is Cn1c(SCCC(=O)NC(N)=O)nnc1-c1cccs1. The number of hydrogen-bond acceptors (Lipinski definition) is 6. The number of carbonyl (C=O) groups is 2. The van der Waals surface area contributed by atoms with E-state index in [1.165, 1.54) is 11.8 Å². The number of thiophene rings is 1. The van der Waals surface area contributed by atoms with E-state index in [1.54, 1.807) is 11.3 Å². The Balaban J connectivity index is 1.91. The molecule has 0 aliphatic rings. The van der Waals surface area contributed by atoms with Crippen molar-refractivity contribution >= 4 is 35.0 Å². The van der Waals surface area contributed by atoms with Crippen LogP contribution >= 0.6 is 23.1 Å². The summed E-state index contributed by atoms with van der Waals surface area (Å²) in [6.45, 7) is 0. The molecule has 3 N–H and O–H groups in total. The van der Waals surface area contributed by atoms with Gasteiger partial charge in [-0.25, -0.2) is 4.79 Å².